The predicted octanol–water partition coefficient (Wildman–Crippen LogP) is 6.44. The van der Waals surface area contributed by atoms with Crippen LogP contribution in [0.15, 0.2) is 40.1 Å². The van der Waals surface area contributed by atoms with E-state index in [2.05, 4.69) is 29.0 Å². The van der Waals surface area contributed by atoms with Gasteiger partial charge in [0, 0.05) is 30.1 Å². The van der Waals surface area contributed by atoms with Crippen molar-refractivity contribution in [1.29, 1.82) is 0 Å². The van der Waals surface area contributed by atoms with Crippen molar-refractivity contribution < 1.29 is 40.3 Å². The fourth-order valence-electron chi connectivity index (χ4n) is 3.29. The molecule has 0 bridgehead atoms. The quantitative estimate of drug-likeness (QED) is 0.263. The van der Waals surface area contributed by atoms with Gasteiger partial charge >= 0.3 is 12.1 Å². The van der Waals surface area contributed by atoms with Crippen LogP contribution in [0.1, 0.15) is 36.2 Å². The summed E-state index contributed by atoms with van der Waals surface area (Å²) in [5.41, 5.74) is 4.29. The summed E-state index contributed by atoms with van der Waals surface area (Å²) in [5.74, 6) is -4.48. The van der Waals surface area contributed by atoms with E-state index in [9.17, 15) is 30.4 Å². The number of rotatable bonds is 9. The first-order valence-corrected chi connectivity index (χ1v) is 14.5. The van der Waals surface area contributed by atoms with Crippen molar-refractivity contribution in [3.8, 4) is 0 Å². The summed E-state index contributed by atoms with van der Waals surface area (Å²) in [4.78, 5) is 14.4. The van der Waals surface area contributed by atoms with Crippen LogP contribution < -0.4 is 5.32 Å². The average Bonchev–Trinajstić information content (AvgIpc) is 3.34. The summed E-state index contributed by atoms with van der Waals surface area (Å²) >= 11 is 7.54. The van der Waals surface area contributed by atoms with Crippen molar-refractivity contribution >= 4 is 44.4 Å². The standard InChI is InChI=1S/C23H26ClF2N3O2S2.C2HF3O2/c1-14(2)29(4)10-18-15(3)5-6-20(25)17(18)9-27-22-8-21(26)23(7-19(22)24)33(30,31)12-16-11-32-13-28-16;3-2(4,5)1(6)7/h5-8,11,13-14,27H,9-10,12H2,1-4H3;(H,6,7). The molecular formula is C25H27ClF5N3O4S2. The van der Waals surface area contributed by atoms with Crippen LogP contribution in [0.2, 0.25) is 5.02 Å². The van der Waals surface area contributed by atoms with E-state index in [-0.39, 0.29) is 29.1 Å². The summed E-state index contributed by atoms with van der Waals surface area (Å²) in [7, 11) is -2.01. The first-order valence-electron chi connectivity index (χ1n) is 11.5. The molecule has 1 aromatic heterocycles. The van der Waals surface area contributed by atoms with Gasteiger partial charge in [0.15, 0.2) is 9.84 Å². The maximum absolute atomic E-state index is 14.8. The molecular weight excluding hydrogens is 601 g/mol. The summed E-state index contributed by atoms with van der Waals surface area (Å²) in [6.07, 6.45) is -5.08. The number of benzene rings is 2. The number of nitrogens with zero attached hydrogens (tertiary/aromatic N) is 2. The van der Waals surface area contributed by atoms with Gasteiger partial charge in [-0.05, 0) is 57.1 Å². The number of halogens is 6. The molecule has 0 fully saturated rings. The molecule has 220 valence electrons. The van der Waals surface area contributed by atoms with Gasteiger partial charge in [0.1, 0.15) is 16.5 Å². The van der Waals surface area contributed by atoms with Crippen LogP contribution in [0.3, 0.4) is 0 Å². The van der Waals surface area contributed by atoms with Crippen LogP contribution in [-0.4, -0.2) is 48.6 Å². The summed E-state index contributed by atoms with van der Waals surface area (Å²) in [6.45, 7) is 6.65. The zero-order valence-corrected chi connectivity index (χ0v) is 24.2. The number of aliphatic carboxylic acids is 1. The Bertz CT molecular complexity index is 1430. The Labute approximate surface area is 237 Å². The molecule has 40 heavy (non-hydrogen) atoms. The van der Waals surface area contributed by atoms with Gasteiger partial charge in [0.05, 0.1) is 27.7 Å². The zero-order valence-electron chi connectivity index (χ0n) is 21.8. The maximum Gasteiger partial charge on any atom is 0.490 e. The number of aryl methyl sites for hydroxylation is 1. The molecule has 1 heterocycles. The Morgan fingerprint density at radius 2 is 1.80 bits per heavy atom. The molecule has 0 amide bonds. The summed E-state index contributed by atoms with van der Waals surface area (Å²) in [5, 5.41) is 11.7. The van der Waals surface area contributed by atoms with Crippen LogP contribution in [0.5, 0.6) is 0 Å². The monoisotopic (exact) mass is 627 g/mol. The van der Waals surface area contributed by atoms with Gasteiger partial charge < -0.3 is 10.4 Å². The Balaban J connectivity index is 0.000000708. The van der Waals surface area contributed by atoms with Crippen molar-refractivity contribution in [1.82, 2.24) is 9.88 Å². The molecule has 0 aliphatic carbocycles. The van der Waals surface area contributed by atoms with Gasteiger partial charge in [-0.25, -0.2) is 27.0 Å². The first kappa shape index (κ1) is 33.4. The van der Waals surface area contributed by atoms with E-state index in [0.29, 0.717) is 17.8 Å². The second-order valence-electron chi connectivity index (χ2n) is 8.99. The van der Waals surface area contributed by atoms with Crippen LogP contribution in [0, 0.1) is 18.6 Å². The van der Waals surface area contributed by atoms with E-state index in [1.165, 1.54) is 22.9 Å². The molecule has 0 saturated heterocycles. The molecule has 0 spiro atoms. The number of hydrogen-bond acceptors (Lipinski definition) is 7. The zero-order chi connectivity index (χ0) is 30.4. The highest BCUT2D eigenvalue weighted by atomic mass is 35.5. The summed E-state index contributed by atoms with van der Waals surface area (Å²) < 4.78 is 86.5. The number of alkyl halides is 3. The van der Waals surface area contributed by atoms with Crippen molar-refractivity contribution in [2.75, 3.05) is 12.4 Å². The lowest BCUT2D eigenvalue weighted by molar-refractivity contribution is -0.192. The largest absolute Gasteiger partial charge is 0.490 e. The molecule has 0 radical (unpaired) electrons. The van der Waals surface area contributed by atoms with Crippen LogP contribution in [0.4, 0.5) is 27.6 Å². The number of aromatic nitrogens is 1. The lowest BCUT2D eigenvalue weighted by Gasteiger charge is -2.24. The van der Waals surface area contributed by atoms with Crippen molar-refractivity contribution in [3.63, 3.8) is 0 Å². The minimum absolute atomic E-state index is 0.0298. The number of carboxylic acids is 1. The van der Waals surface area contributed by atoms with E-state index in [1.54, 1.807) is 11.4 Å². The Morgan fingerprint density at radius 3 is 2.33 bits per heavy atom. The number of anilines is 1. The Hall–Kier alpha value is -2.81. The second-order valence-corrected chi connectivity index (χ2v) is 12.1. The third kappa shape index (κ3) is 9.11. The van der Waals surface area contributed by atoms with Crippen molar-refractivity contribution in [2.45, 2.75) is 56.7 Å². The molecule has 0 aliphatic heterocycles. The molecule has 2 aromatic carbocycles. The van der Waals surface area contributed by atoms with E-state index < -0.39 is 38.4 Å². The van der Waals surface area contributed by atoms with Crippen LogP contribution >= 0.6 is 22.9 Å². The van der Waals surface area contributed by atoms with Gasteiger partial charge in [-0.2, -0.15) is 13.2 Å². The SMILES string of the molecule is Cc1ccc(F)c(CNc2cc(F)c(S(=O)(=O)Cc3cscn3)cc2Cl)c1CN(C)C(C)C.O=C(O)C(F)(F)F. The lowest BCUT2D eigenvalue weighted by Crippen LogP contribution is -2.27. The highest BCUT2D eigenvalue weighted by Crippen LogP contribution is 2.31. The topological polar surface area (TPSA) is 99.6 Å². The Kier molecular flexibility index (Phi) is 11.4. The van der Waals surface area contributed by atoms with Crippen molar-refractivity contribution in [2.24, 2.45) is 0 Å². The van der Waals surface area contributed by atoms with E-state index in [1.807, 2.05) is 14.0 Å². The fourth-order valence-corrected chi connectivity index (χ4v) is 5.61. The van der Waals surface area contributed by atoms with Crippen molar-refractivity contribution in [3.05, 3.63) is 74.2 Å². The molecule has 0 atom stereocenters. The number of hydrogen-bond donors (Lipinski definition) is 2. The minimum Gasteiger partial charge on any atom is -0.475 e. The maximum atomic E-state index is 14.8. The van der Waals surface area contributed by atoms with Gasteiger partial charge in [-0.3, -0.25) is 4.90 Å². The fraction of sp³-hybridized carbons (Fsp3) is 0.360. The van der Waals surface area contributed by atoms with Gasteiger partial charge in [-0.1, -0.05) is 17.7 Å². The molecule has 7 nitrogen and oxygen atoms in total. The number of carbonyl (C=O) groups is 1. The third-order valence-electron chi connectivity index (χ3n) is 5.77. The highest BCUT2D eigenvalue weighted by molar-refractivity contribution is 7.90. The number of carboxylic acid groups (broad SMARTS) is 1. The average molecular weight is 628 g/mol. The predicted molar refractivity (Wildman–Crippen MR) is 143 cm³/mol. The molecule has 3 aromatic rings. The third-order valence-corrected chi connectivity index (χ3v) is 8.38. The molecule has 3 rings (SSSR count). The number of sulfone groups is 1. The number of nitrogens with one attached hydrogen (secondary N) is 1. The summed E-state index contributed by atoms with van der Waals surface area (Å²) in [6, 6.07) is 5.53. The number of thiazole rings is 1. The van der Waals surface area contributed by atoms with Gasteiger partial charge in [-0.15, -0.1) is 11.3 Å². The molecule has 2 N–H and O–H groups in total. The molecule has 0 unspecified atom stereocenters. The first-order chi connectivity index (χ1) is 18.4. The molecule has 0 saturated carbocycles. The van der Waals surface area contributed by atoms with Gasteiger partial charge in [0.2, 0.25) is 0 Å². The lowest BCUT2D eigenvalue weighted by atomic mass is 10.00. The smallest absolute Gasteiger partial charge is 0.475 e. The van der Waals surface area contributed by atoms with Crippen LogP contribution in [0.25, 0.3) is 0 Å². The molecule has 15 heteroatoms. The van der Waals surface area contributed by atoms with Crippen LogP contribution in [-0.2, 0) is 33.5 Å². The Morgan fingerprint density at radius 1 is 1.18 bits per heavy atom. The molecule has 0 aliphatic rings. The normalized spacial score (nSPS) is 11.9. The highest BCUT2D eigenvalue weighted by Gasteiger charge is 2.38. The van der Waals surface area contributed by atoms with Gasteiger partial charge in [0.25, 0.3) is 0 Å². The second kappa shape index (κ2) is 13.7. The van der Waals surface area contributed by atoms with E-state index >= 15 is 0 Å². The van der Waals surface area contributed by atoms with E-state index in [0.717, 1.165) is 23.3 Å². The minimum atomic E-state index is -5.08. The van der Waals surface area contributed by atoms with E-state index in [4.69, 9.17) is 21.5 Å².